The lowest BCUT2D eigenvalue weighted by Crippen LogP contribution is -2.27. The molecule has 1 atom stereocenters. The van der Waals surface area contributed by atoms with Crippen LogP contribution in [0.15, 0.2) is 24.3 Å². The maximum absolute atomic E-state index is 12.5. The van der Waals surface area contributed by atoms with Crippen LogP contribution in [0, 0.1) is 12.8 Å². The summed E-state index contributed by atoms with van der Waals surface area (Å²) in [6.07, 6.45) is 2.44. The van der Waals surface area contributed by atoms with Gasteiger partial charge >= 0.3 is 5.97 Å². The number of nitrogens with zero attached hydrogens (tertiary/aromatic N) is 1. The molecule has 0 fully saturated rings. The summed E-state index contributed by atoms with van der Waals surface area (Å²) in [5.74, 6) is -0.353. The first kappa shape index (κ1) is 16.6. The molecule has 1 heterocycles. The molecule has 0 bridgehead atoms. The molecular formula is C18H20N2O3S. The molecule has 2 aromatic rings. The Morgan fingerprint density at radius 1 is 1.33 bits per heavy atom. The van der Waals surface area contributed by atoms with Crippen LogP contribution in [-0.4, -0.2) is 23.5 Å². The summed E-state index contributed by atoms with van der Waals surface area (Å²) in [5.41, 5.74) is 2.33. The van der Waals surface area contributed by atoms with Crippen molar-refractivity contribution in [2.75, 3.05) is 11.9 Å². The Balaban J connectivity index is 1.62. The van der Waals surface area contributed by atoms with Crippen molar-refractivity contribution in [2.45, 2.75) is 33.1 Å². The first-order valence-corrected chi connectivity index (χ1v) is 8.91. The van der Waals surface area contributed by atoms with E-state index in [1.54, 1.807) is 42.5 Å². The van der Waals surface area contributed by atoms with Gasteiger partial charge in [0, 0.05) is 16.5 Å². The molecule has 1 amide bonds. The van der Waals surface area contributed by atoms with Gasteiger partial charge in [-0.15, -0.1) is 11.3 Å². The van der Waals surface area contributed by atoms with E-state index in [4.69, 9.17) is 4.74 Å². The van der Waals surface area contributed by atoms with Gasteiger partial charge in [-0.2, -0.15) is 0 Å². The molecular weight excluding hydrogens is 324 g/mol. The van der Waals surface area contributed by atoms with Crippen LogP contribution in [-0.2, 0) is 22.4 Å². The van der Waals surface area contributed by atoms with Crippen molar-refractivity contribution >= 4 is 28.9 Å². The smallest absolute Gasteiger partial charge is 0.338 e. The van der Waals surface area contributed by atoms with Crippen LogP contribution in [0.25, 0.3) is 0 Å². The molecule has 24 heavy (non-hydrogen) atoms. The molecule has 5 nitrogen and oxygen atoms in total. The fourth-order valence-corrected chi connectivity index (χ4v) is 3.94. The van der Waals surface area contributed by atoms with Gasteiger partial charge in [-0.3, -0.25) is 4.79 Å². The highest BCUT2D eigenvalue weighted by Crippen LogP contribution is 2.30. The second-order valence-corrected chi connectivity index (χ2v) is 7.12. The molecule has 0 aliphatic heterocycles. The van der Waals surface area contributed by atoms with E-state index in [1.165, 1.54) is 4.88 Å². The Kier molecular flexibility index (Phi) is 4.94. The van der Waals surface area contributed by atoms with Crippen LogP contribution in [0.5, 0.6) is 0 Å². The van der Waals surface area contributed by atoms with Gasteiger partial charge in [0.2, 0.25) is 5.91 Å². The fraction of sp³-hybridized carbons (Fsp3) is 0.389. The average molecular weight is 344 g/mol. The van der Waals surface area contributed by atoms with E-state index in [-0.39, 0.29) is 17.8 Å². The Morgan fingerprint density at radius 3 is 2.79 bits per heavy atom. The van der Waals surface area contributed by atoms with Crippen molar-refractivity contribution < 1.29 is 14.3 Å². The third-order valence-electron chi connectivity index (χ3n) is 4.08. The summed E-state index contributed by atoms with van der Waals surface area (Å²) in [7, 11) is 0. The molecule has 1 aliphatic carbocycles. The maximum Gasteiger partial charge on any atom is 0.338 e. The molecule has 1 aromatic heterocycles. The molecule has 1 aliphatic rings. The number of fused-ring (bicyclic) bond motifs is 1. The largest absolute Gasteiger partial charge is 0.462 e. The van der Waals surface area contributed by atoms with Crippen LogP contribution in [0.3, 0.4) is 0 Å². The van der Waals surface area contributed by atoms with Crippen LogP contribution in [0.2, 0.25) is 0 Å². The van der Waals surface area contributed by atoms with Gasteiger partial charge in [-0.25, -0.2) is 9.78 Å². The standard InChI is InChI=1S/C18H20N2O3S/c1-3-23-18(22)12-4-7-14(8-5-12)20-17(21)13-6-9-15-16(10-13)24-11(2)19-15/h4-5,7-8,13H,3,6,9-10H2,1-2H3,(H,20,21). The van der Waals surface area contributed by atoms with Crippen molar-refractivity contribution in [3.8, 4) is 0 Å². The summed E-state index contributed by atoms with van der Waals surface area (Å²) < 4.78 is 4.95. The van der Waals surface area contributed by atoms with Gasteiger partial charge in [0.15, 0.2) is 0 Å². The fourth-order valence-electron chi connectivity index (χ4n) is 2.88. The average Bonchev–Trinajstić information content (AvgIpc) is 2.94. The monoisotopic (exact) mass is 344 g/mol. The number of anilines is 1. The van der Waals surface area contributed by atoms with Crippen LogP contribution >= 0.6 is 11.3 Å². The number of benzene rings is 1. The van der Waals surface area contributed by atoms with E-state index in [2.05, 4.69) is 10.3 Å². The number of carbonyl (C=O) groups is 2. The van der Waals surface area contributed by atoms with Crippen LogP contribution in [0.4, 0.5) is 5.69 Å². The zero-order valence-corrected chi connectivity index (χ0v) is 14.6. The molecule has 0 radical (unpaired) electrons. The van der Waals surface area contributed by atoms with Gasteiger partial charge in [-0.05, 0) is 57.4 Å². The third-order valence-corrected chi connectivity index (χ3v) is 5.12. The van der Waals surface area contributed by atoms with E-state index < -0.39 is 0 Å². The number of thiazole rings is 1. The summed E-state index contributed by atoms with van der Waals surface area (Å²) in [4.78, 5) is 29.9. The molecule has 3 rings (SSSR count). The van der Waals surface area contributed by atoms with E-state index in [1.807, 2.05) is 6.92 Å². The number of ether oxygens (including phenoxy) is 1. The third kappa shape index (κ3) is 3.64. The second kappa shape index (κ2) is 7.13. The minimum Gasteiger partial charge on any atom is -0.462 e. The Morgan fingerprint density at radius 2 is 2.08 bits per heavy atom. The molecule has 1 N–H and O–H groups in total. The first-order chi connectivity index (χ1) is 11.6. The normalized spacial score (nSPS) is 16.3. The highest BCUT2D eigenvalue weighted by molar-refractivity contribution is 7.11. The van der Waals surface area contributed by atoms with Gasteiger partial charge in [-0.1, -0.05) is 0 Å². The summed E-state index contributed by atoms with van der Waals surface area (Å²) in [6, 6.07) is 6.79. The lowest BCUT2D eigenvalue weighted by molar-refractivity contribution is -0.120. The Labute approximate surface area is 145 Å². The minimum absolute atomic E-state index is 0.0237. The molecule has 1 unspecified atom stereocenters. The van der Waals surface area contributed by atoms with Crippen molar-refractivity contribution in [3.63, 3.8) is 0 Å². The highest BCUT2D eigenvalue weighted by atomic mass is 32.1. The van der Waals surface area contributed by atoms with Gasteiger partial charge in [0.25, 0.3) is 0 Å². The number of aromatic nitrogens is 1. The molecule has 1 aromatic carbocycles. The number of nitrogens with one attached hydrogen (secondary N) is 1. The number of hydrogen-bond acceptors (Lipinski definition) is 5. The van der Waals surface area contributed by atoms with E-state index >= 15 is 0 Å². The molecule has 6 heteroatoms. The van der Waals surface area contributed by atoms with Gasteiger partial charge in [0.1, 0.15) is 0 Å². The lowest BCUT2D eigenvalue weighted by Gasteiger charge is -2.20. The maximum atomic E-state index is 12.5. The zero-order chi connectivity index (χ0) is 17.1. The number of esters is 1. The number of amides is 1. The first-order valence-electron chi connectivity index (χ1n) is 8.10. The minimum atomic E-state index is -0.351. The number of carbonyl (C=O) groups excluding carboxylic acids is 2. The number of rotatable bonds is 4. The summed E-state index contributed by atoms with van der Waals surface area (Å²) in [6.45, 7) is 4.12. The second-order valence-electron chi connectivity index (χ2n) is 5.83. The van der Waals surface area contributed by atoms with E-state index in [9.17, 15) is 9.59 Å². The van der Waals surface area contributed by atoms with Gasteiger partial charge in [0.05, 0.1) is 22.9 Å². The van der Waals surface area contributed by atoms with Crippen molar-refractivity contribution in [1.29, 1.82) is 0 Å². The molecule has 0 saturated heterocycles. The quantitative estimate of drug-likeness (QED) is 0.864. The summed E-state index contributed by atoms with van der Waals surface area (Å²) in [5, 5.41) is 4.01. The van der Waals surface area contributed by atoms with Crippen LogP contribution in [0.1, 0.15) is 39.3 Å². The predicted octanol–water partition coefficient (Wildman–Crippen LogP) is 3.37. The van der Waals surface area contributed by atoms with Crippen molar-refractivity contribution in [1.82, 2.24) is 4.98 Å². The molecule has 126 valence electrons. The Bertz CT molecular complexity index is 752. The van der Waals surface area contributed by atoms with E-state index in [0.717, 1.165) is 30.0 Å². The SMILES string of the molecule is CCOC(=O)c1ccc(NC(=O)C2CCc3nc(C)sc3C2)cc1. The zero-order valence-electron chi connectivity index (χ0n) is 13.8. The van der Waals surface area contributed by atoms with Crippen molar-refractivity contribution in [2.24, 2.45) is 5.92 Å². The topological polar surface area (TPSA) is 68.3 Å². The highest BCUT2D eigenvalue weighted by Gasteiger charge is 2.27. The number of aryl methyl sites for hydroxylation is 2. The molecule has 0 saturated carbocycles. The molecule has 0 spiro atoms. The van der Waals surface area contributed by atoms with Crippen LogP contribution < -0.4 is 5.32 Å². The number of hydrogen-bond donors (Lipinski definition) is 1. The predicted molar refractivity (Wildman–Crippen MR) is 93.4 cm³/mol. The van der Waals surface area contributed by atoms with Crippen molar-refractivity contribution in [3.05, 3.63) is 45.4 Å². The summed E-state index contributed by atoms with van der Waals surface area (Å²) >= 11 is 1.68. The van der Waals surface area contributed by atoms with Gasteiger partial charge < -0.3 is 10.1 Å². The Hall–Kier alpha value is -2.21. The lowest BCUT2D eigenvalue weighted by atomic mass is 9.90. The van der Waals surface area contributed by atoms with E-state index in [0.29, 0.717) is 17.9 Å².